The third-order valence-electron chi connectivity index (χ3n) is 0.895. The molecule has 0 bridgehead atoms. The number of nitrogens with two attached hydrogens (primary N) is 1. The van der Waals surface area contributed by atoms with Crippen LogP contribution in [-0.4, -0.2) is 23.5 Å². The summed E-state index contributed by atoms with van der Waals surface area (Å²) in [6.07, 6.45) is 0. The molecule has 0 radical (unpaired) electrons. The van der Waals surface area contributed by atoms with Gasteiger partial charge < -0.3 is 5.73 Å². The second kappa shape index (κ2) is 1.90. The molecule has 1 rings (SSSR count). The monoisotopic (exact) mass is 140 g/mol. The first-order valence-corrected chi connectivity index (χ1v) is 2.39. The topological polar surface area (TPSA) is 108 Å². The van der Waals surface area contributed by atoms with Crippen molar-refractivity contribution in [3.05, 3.63) is 0 Å². The van der Waals surface area contributed by atoms with Crippen LogP contribution in [0, 0.1) is 5.41 Å². The summed E-state index contributed by atoms with van der Waals surface area (Å²) in [6, 6.07) is 0. The van der Waals surface area contributed by atoms with E-state index in [0.717, 1.165) is 0 Å². The zero-order valence-electron chi connectivity index (χ0n) is 4.84. The molecule has 0 aromatic rings. The number of rotatable bonds is 1. The summed E-state index contributed by atoms with van der Waals surface area (Å²) in [4.78, 5) is 23.8. The lowest BCUT2D eigenvalue weighted by Crippen LogP contribution is -2.35. The minimum atomic E-state index is -0.912. The molecule has 0 fully saturated rings. The van der Waals surface area contributed by atoms with Crippen LogP contribution >= 0.6 is 0 Å². The lowest BCUT2D eigenvalue weighted by Gasteiger charge is -1.92. The number of hydrogen-bond acceptors (Lipinski definition) is 3. The molecule has 10 heavy (non-hydrogen) atoms. The van der Waals surface area contributed by atoms with E-state index in [1.54, 1.807) is 0 Å². The van der Waals surface area contributed by atoms with Crippen LogP contribution in [0.3, 0.4) is 0 Å². The van der Waals surface area contributed by atoms with Crippen molar-refractivity contribution in [3.63, 3.8) is 0 Å². The number of hydrogen-bond donors (Lipinski definition) is 3. The Kier molecular flexibility index (Phi) is 1.22. The summed E-state index contributed by atoms with van der Waals surface area (Å²) in [7, 11) is 0. The van der Waals surface area contributed by atoms with Gasteiger partial charge in [-0.2, -0.15) is 4.99 Å². The Morgan fingerprint density at radius 1 is 1.60 bits per heavy atom. The van der Waals surface area contributed by atoms with E-state index >= 15 is 0 Å². The normalized spacial score (nSPS) is 16.6. The zero-order chi connectivity index (χ0) is 7.72. The molecule has 6 nitrogen and oxygen atoms in total. The van der Waals surface area contributed by atoms with E-state index < -0.39 is 17.6 Å². The Labute approximate surface area is 55.6 Å². The molecule has 1 aliphatic heterocycles. The first-order chi connectivity index (χ1) is 4.61. The fourth-order valence-electron chi connectivity index (χ4n) is 0.469. The maximum Gasteiger partial charge on any atom is 0.337 e. The van der Waals surface area contributed by atoms with Crippen molar-refractivity contribution in [2.45, 2.75) is 0 Å². The van der Waals surface area contributed by atoms with Gasteiger partial charge in [0.15, 0.2) is 11.7 Å². The molecule has 6 heteroatoms. The van der Waals surface area contributed by atoms with E-state index in [2.05, 4.69) is 4.99 Å². The molecule has 0 saturated heterocycles. The molecule has 2 amide bonds. The second-order valence-electron chi connectivity index (χ2n) is 1.63. The maximum absolute atomic E-state index is 10.4. The van der Waals surface area contributed by atoms with Gasteiger partial charge in [0, 0.05) is 0 Å². The van der Waals surface area contributed by atoms with Crippen molar-refractivity contribution in [2.24, 2.45) is 10.7 Å². The van der Waals surface area contributed by atoms with Crippen molar-refractivity contribution in [1.29, 1.82) is 5.41 Å². The van der Waals surface area contributed by atoms with Gasteiger partial charge in [0.05, 0.1) is 0 Å². The predicted octanol–water partition coefficient (Wildman–Crippen LogP) is -2.02. The van der Waals surface area contributed by atoms with Crippen molar-refractivity contribution in [1.82, 2.24) is 5.32 Å². The highest BCUT2D eigenvalue weighted by Crippen LogP contribution is 1.87. The molecule has 1 heterocycles. The Hall–Kier alpha value is -1.72. The maximum atomic E-state index is 10.4. The second-order valence-corrected chi connectivity index (χ2v) is 1.63. The highest BCUT2D eigenvalue weighted by molar-refractivity contribution is 6.55. The smallest absolute Gasteiger partial charge is 0.337 e. The fraction of sp³-hybridized carbons (Fsp3) is 0. The number of nitrogens with one attached hydrogen (secondary N) is 2. The van der Waals surface area contributed by atoms with E-state index in [4.69, 9.17) is 11.1 Å². The van der Waals surface area contributed by atoms with E-state index in [9.17, 15) is 9.59 Å². The molecule has 0 unspecified atom stereocenters. The lowest BCUT2D eigenvalue weighted by molar-refractivity contribution is -0.135. The van der Waals surface area contributed by atoms with Crippen LogP contribution in [0.25, 0.3) is 0 Å². The number of amidine groups is 2. The van der Waals surface area contributed by atoms with Gasteiger partial charge in [-0.25, -0.2) is 0 Å². The zero-order valence-corrected chi connectivity index (χ0v) is 4.84. The lowest BCUT2D eigenvalue weighted by atomic mass is 10.5. The quantitative estimate of drug-likeness (QED) is 0.222. The molecule has 52 valence electrons. The van der Waals surface area contributed by atoms with Gasteiger partial charge in [-0.15, -0.1) is 0 Å². The number of amides is 2. The molecular weight excluding hydrogens is 136 g/mol. The Morgan fingerprint density at radius 3 is 2.40 bits per heavy atom. The minimum absolute atomic E-state index is 0.171. The molecule has 0 spiro atoms. The van der Waals surface area contributed by atoms with Crippen LogP contribution in [-0.2, 0) is 9.59 Å². The summed E-state index contributed by atoms with van der Waals surface area (Å²) >= 11 is 0. The Bertz CT molecular complexity index is 254. The molecule has 0 aromatic heterocycles. The van der Waals surface area contributed by atoms with Gasteiger partial charge in [0.1, 0.15) is 0 Å². The predicted molar refractivity (Wildman–Crippen MR) is 32.5 cm³/mol. The van der Waals surface area contributed by atoms with E-state index in [-0.39, 0.29) is 5.84 Å². The van der Waals surface area contributed by atoms with Gasteiger partial charge in [-0.1, -0.05) is 0 Å². The van der Waals surface area contributed by atoms with E-state index in [1.165, 1.54) is 0 Å². The largest absolute Gasteiger partial charge is 0.381 e. The Balaban J connectivity index is 2.87. The standard InChI is InChI=1S/C4H4N4O2/c5-1(6)2-7-3(9)4(10)8-2/h(H3,5,6)(H,7,8,9,10). The third kappa shape index (κ3) is 0.859. The number of nitrogens with zero attached hydrogens (tertiary/aromatic N) is 1. The van der Waals surface area contributed by atoms with Gasteiger partial charge >= 0.3 is 11.8 Å². The van der Waals surface area contributed by atoms with Crippen LogP contribution in [0.5, 0.6) is 0 Å². The SMILES string of the molecule is N=C(N)C1=NC(=O)C(=O)N1. The number of aliphatic imine (C=N–C) groups is 1. The van der Waals surface area contributed by atoms with Gasteiger partial charge in [-0.3, -0.25) is 20.3 Å². The minimum Gasteiger partial charge on any atom is -0.381 e. The summed E-state index contributed by atoms with van der Waals surface area (Å²) in [5.41, 5.74) is 4.91. The molecule has 1 aliphatic rings. The summed E-state index contributed by atoms with van der Waals surface area (Å²) in [5, 5.41) is 8.77. The van der Waals surface area contributed by atoms with Crippen LogP contribution in [0.4, 0.5) is 0 Å². The van der Waals surface area contributed by atoms with Crippen LogP contribution in [0.1, 0.15) is 0 Å². The van der Waals surface area contributed by atoms with Crippen LogP contribution in [0.15, 0.2) is 4.99 Å². The first kappa shape index (κ1) is 6.40. The molecule has 4 N–H and O–H groups in total. The molecule has 0 atom stereocenters. The summed E-state index contributed by atoms with van der Waals surface area (Å²) < 4.78 is 0. The number of carbonyl (C=O) groups is 2. The van der Waals surface area contributed by atoms with E-state index in [1.807, 2.05) is 5.32 Å². The number of carbonyl (C=O) groups excluding carboxylic acids is 2. The van der Waals surface area contributed by atoms with Gasteiger partial charge in [0.2, 0.25) is 0 Å². The van der Waals surface area contributed by atoms with Crippen LogP contribution < -0.4 is 11.1 Å². The van der Waals surface area contributed by atoms with Gasteiger partial charge in [0.25, 0.3) is 0 Å². The highest BCUT2D eigenvalue weighted by atomic mass is 16.2. The molecule has 0 aliphatic carbocycles. The molecule has 0 aromatic carbocycles. The van der Waals surface area contributed by atoms with Crippen molar-refractivity contribution < 1.29 is 9.59 Å². The van der Waals surface area contributed by atoms with Crippen molar-refractivity contribution in [3.8, 4) is 0 Å². The molecule has 0 saturated carbocycles. The average molecular weight is 140 g/mol. The highest BCUT2D eigenvalue weighted by Gasteiger charge is 2.24. The average Bonchev–Trinajstić information content (AvgIpc) is 2.13. The first-order valence-electron chi connectivity index (χ1n) is 2.39. The summed E-state index contributed by atoms with van der Waals surface area (Å²) in [5.74, 6) is -2.34. The van der Waals surface area contributed by atoms with Crippen LogP contribution in [0.2, 0.25) is 0 Å². The van der Waals surface area contributed by atoms with Crippen molar-refractivity contribution >= 4 is 23.5 Å². The third-order valence-corrected chi connectivity index (χ3v) is 0.895. The Morgan fingerprint density at radius 2 is 2.20 bits per heavy atom. The van der Waals surface area contributed by atoms with Crippen molar-refractivity contribution in [2.75, 3.05) is 0 Å². The van der Waals surface area contributed by atoms with Gasteiger partial charge in [-0.05, 0) is 0 Å². The summed E-state index contributed by atoms with van der Waals surface area (Å²) in [6.45, 7) is 0. The van der Waals surface area contributed by atoms with E-state index in [0.29, 0.717) is 0 Å². The molecular formula is C4H4N4O2. The fourth-order valence-corrected chi connectivity index (χ4v) is 0.469.